The van der Waals surface area contributed by atoms with Crippen LogP contribution in [0.2, 0.25) is 0 Å². The van der Waals surface area contributed by atoms with Crippen LogP contribution in [0.5, 0.6) is 0 Å². The molecule has 1 aromatic rings. The molecule has 1 heterocycles. The van der Waals surface area contributed by atoms with Crippen molar-refractivity contribution in [2.45, 2.75) is 25.9 Å². The van der Waals surface area contributed by atoms with E-state index in [1.54, 1.807) is 17.9 Å². The molecule has 1 unspecified atom stereocenters. The first-order valence-electron chi connectivity index (χ1n) is 4.28. The Morgan fingerprint density at radius 3 is 2.64 bits per heavy atom. The average molecular weight is 198 g/mol. The van der Waals surface area contributed by atoms with Gasteiger partial charge in [0.1, 0.15) is 0 Å². The summed E-state index contributed by atoms with van der Waals surface area (Å²) in [6.45, 7) is 3.11. The number of carboxylic acids is 1. The van der Waals surface area contributed by atoms with Crippen molar-refractivity contribution < 1.29 is 15.0 Å². The second-order valence-corrected chi connectivity index (χ2v) is 3.63. The van der Waals surface area contributed by atoms with Gasteiger partial charge in [0.15, 0.2) is 5.60 Å². The summed E-state index contributed by atoms with van der Waals surface area (Å²) in [4.78, 5) is 10.7. The number of aliphatic carboxylic acids is 1. The number of hydrogen-bond acceptors (Lipinski definition) is 3. The molecule has 2 N–H and O–H groups in total. The molecule has 0 amide bonds. The average Bonchev–Trinajstić information content (AvgIpc) is 2.35. The maximum Gasteiger partial charge on any atom is 0.335 e. The van der Waals surface area contributed by atoms with E-state index in [1.165, 1.54) is 6.92 Å². The van der Waals surface area contributed by atoms with Crippen LogP contribution in [-0.2, 0) is 18.3 Å². The van der Waals surface area contributed by atoms with Gasteiger partial charge in [-0.3, -0.25) is 4.68 Å². The molecule has 0 spiro atoms. The molecule has 14 heavy (non-hydrogen) atoms. The molecule has 0 aromatic carbocycles. The lowest BCUT2D eigenvalue weighted by Gasteiger charge is -2.17. The molecule has 0 bridgehead atoms. The minimum absolute atomic E-state index is 0.0714. The van der Waals surface area contributed by atoms with Gasteiger partial charge in [0, 0.05) is 19.2 Å². The lowest BCUT2D eigenvalue weighted by atomic mass is 9.97. The molecule has 0 radical (unpaired) electrons. The number of carbonyl (C=O) groups is 1. The van der Waals surface area contributed by atoms with Crippen LogP contribution in [0.4, 0.5) is 0 Å². The zero-order valence-corrected chi connectivity index (χ0v) is 8.48. The Morgan fingerprint density at radius 2 is 2.29 bits per heavy atom. The second-order valence-electron chi connectivity index (χ2n) is 3.63. The van der Waals surface area contributed by atoms with E-state index in [1.807, 2.05) is 6.92 Å². The molecular weight excluding hydrogens is 184 g/mol. The number of rotatable bonds is 3. The number of aryl methyl sites for hydroxylation is 1. The summed E-state index contributed by atoms with van der Waals surface area (Å²) in [5.74, 6) is -1.22. The van der Waals surface area contributed by atoms with Gasteiger partial charge >= 0.3 is 5.97 Å². The minimum atomic E-state index is -1.73. The molecule has 0 aliphatic heterocycles. The molecule has 1 rings (SSSR count). The smallest absolute Gasteiger partial charge is 0.335 e. The Kier molecular flexibility index (Phi) is 2.62. The van der Waals surface area contributed by atoms with Crippen LogP contribution in [0.1, 0.15) is 18.2 Å². The predicted octanol–water partition coefficient (Wildman–Crippen LogP) is 0.107. The van der Waals surface area contributed by atoms with E-state index in [0.717, 1.165) is 11.3 Å². The molecule has 0 aliphatic carbocycles. The fourth-order valence-electron chi connectivity index (χ4n) is 1.16. The molecule has 5 heteroatoms. The van der Waals surface area contributed by atoms with Gasteiger partial charge in [-0.1, -0.05) is 0 Å². The van der Waals surface area contributed by atoms with Gasteiger partial charge in [-0.2, -0.15) is 5.10 Å². The van der Waals surface area contributed by atoms with Gasteiger partial charge in [0.25, 0.3) is 0 Å². The first-order valence-corrected chi connectivity index (χ1v) is 4.28. The van der Waals surface area contributed by atoms with Crippen molar-refractivity contribution in [1.29, 1.82) is 0 Å². The van der Waals surface area contributed by atoms with Crippen molar-refractivity contribution in [3.63, 3.8) is 0 Å². The molecule has 78 valence electrons. The lowest BCUT2D eigenvalue weighted by molar-refractivity contribution is -0.156. The Balaban J connectivity index is 2.89. The van der Waals surface area contributed by atoms with Crippen LogP contribution in [0.15, 0.2) is 6.20 Å². The van der Waals surface area contributed by atoms with Crippen molar-refractivity contribution >= 4 is 5.97 Å². The van der Waals surface area contributed by atoms with Crippen LogP contribution in [-0.4, -0.2) is 31.6 Å². The van der Waals surface area contributed by atoms with Gasteiger partial charge in [0.05, 0.1) is 6.20 Å². The molecule has 0 saturated carbocycles. The van der Waals surface area contributed by atoms with Crippen molar-refractivity contribution in [2.24, 2.45) is 7.05 Å². The lowest BCUT2D eigenvalue weighted by Crippen LogP contribution is -2.37. The highest BCUT2D eigenvalue weighted by Crippen LogP contribution is 2.15. The first kappa shape index (κ1) is 10.7. The van der Waals surface area contributed by atoms with Crippen LogP contribution in [0.3, 0.4) is 0 Å². The fourth-order valence-corrected chi connectivity index (χ4v) is 1.16. The van der Waals surface area contributed by atoms with Crippen molar-refractivity contribution in [3.8, 4) is 0 Å². The monoisotopic (exact) mass is 198 g/mol. The third-order valence-corrected chi connectivity index (χ3v) is 2.33. The Hall–Kier alpha value is -1.36. The van der Waals surface area contributed by atoms with Crippen LogP contribution >= 0.6 is 0 Å². The number of hydrogen-bond donors (Lipinski definition) is 2. The van der Waals surface area contributed by atoms with Crippen molar-refractivity contribution in [3.05, 3.63) is 17.5 Å². The van der Waals surface area contributed by atoms with E-state index >= 15 is 0 Å². The summed E-state index contributed by atoms with van der Waals surface area (Å²) in [5, 5.41) is 22.2. The predicted molar refractivity (Wildman–Crippen MR) is 49.9 cm³/mol. The number of carboxylic acid groups (broad SMARTS) is 1. The molecule has 1 atom stereocenters. The summed E-state index contributed by atoms with van der Waals surface area (Å²) in [6, 6.07) is 0. The first-order chi connectivity index (χ1) is 6.34. The zero-order chi connectivity index (χ0) is 10.9. The van der Waals surface area contributed by atoms with Gasteiger partial charge in [-0.05, 0) is 19.4 Å². The summed E-state index contributed by atoms with van der Waals surface area (Å²) in [5.41, 5.74) is -0.111. The van der Waals surface area contributed by atoms with Gasteiger partial charge < -0.3 is 10.2 Å². The van der Waals surface area contributed by atoms with E-state index < -0.39 is 11.6 Å². The SMILES string of the molecule is Cc1c(CC(C)(O)C(=O)O)cnn1C. The summed E-state index contributed by atoms with van der Waals surface area (Å²) in [7, 11) is 1.77. The zero-order valence-electron chi connectivity index (χ0n) is 8.48. The van der Waals surface area contributed by atoms with Gasteiger partial charge in [-0.25, -0.2) is 4.79 Å². The van der Waals surface area contributed by atoms with Crippen molar-refractivity contribution in [2.75, 3.05) is 0 Å². The van der Waals surface area contributed by atoms with Crippen LogP contribution < -0.4 is 0 Å². The van der Waals surface area contributed by atoms with Gasteiger partial charge in [-0.15, -0.1) is 0 Å². The summed E-state index contributed by atoms with van der Waals surface area (Å²) >= 11 is 0. The third-order valence-electron chi connectivity index (χ3n) is 2.33. The number of aliphatic hydroxyl groups is 1. The van der Waals surface area contributed by atoms with E-state index in [9.17, 15) is 9.90 Å². The molecule has 5 nitrogen and oxygen atoms in total. The third kappa shape index (κ3) is 1.93. The van der Waals surface area contributed by atoms with Gasteiger partial charge in [0.2, 0.25) is 0 Å². The standard InChI is InChI=1S/C9H14N2O3/c1-6-7(5-10-11(6)3)4-9(2,14)8(12)13/h5,14H,4H2,1-3H3,(H,12,13). The highest BCUT2D eigenvalue weighted by molar-refractivity contribution is 5.77. The minimum Gasteiger partial charge on any atom is -0.479 e. The van der Waals surface area contributed by atoms with E-state index in [0.29, 0.717) is 0 Å². The number of aromatic nitrogens is 2. The number of nitrogens with zero attached hydrogens (tertiary/aromatic N) is 2. The molecular formula is C9H14N2O3. The Labute approximate surface area is 82.0 Å². The highest BCUT2D eigenvalue weighted by atomic mass is 16.4. The molecule has 0 aliphatic rings. The fraction of sp³-hybridized carbons (Fsp3) is 0.556. The molecule has 1 aromatic heterocycles. The highest BCUT2D eigenvalue weighted by Gasteiger charge is 2.31. The van der Waals surface area contributed by atoms with Crippen LogP contribution in [0, 0.1) is 6.92 Å². The van der Waals surface area contributed by atoms with E-state index in [2.05, 4.69) is 5.10 Å². The van der Waals surface area contributed by atoms with E-state index in [4.69, 9.17) is 5.11 Å². The maximum atomic E-state index is 10.7. The van der Waals surface area contributed by atoms with E-state index in [-0.39, 0.29) is 6.42 Å². The summed E-state index contributed by atoms with van der Waals surface area (Å²) < 4.78 is 1.65. The normalized spacial score (nSPS) is 15.1. The quantitative estimate of drug-likeness (QED) is 0.722. The van der Waals surface area contributed by atoms with Crippen molar-refractivity contribution in [1.82, 2.24) is 9.78 Å². The topological polar surface area (TPSA) is 75.3 Å². The maximum absolute atomic E-state index is 10.7. The largest absolute Gasteiger partial charge is 0.479 e. The molecule has 0 fully saturated rings. The molecule has 0 saturated heterocycles. The van der Waals surface area contributed by atoms with Crippen LogP contribution in [0.25, 0.3) is 0 Å². The Morgan fingerprint density at radius 1 is 1.71 bits per heavy atom. The Bertz CT molecular complexity index is 355. The summed E-state index contributed by atoms with van der Waals surface area (Å²) in [6.07, 6.45) is 1.65. The second kappa shape index (κ2) is 3.42.